The number of anilines is 3. The van der Waals surface area contributed by atoms with Crippen LogP contribution in [0.2, 0.25) is 0 Å². The number of hydrogen-bond acceptors (Lipinski definition) is 5. The highest BCUT2D eigenvalue weighted by atomic mass is 19.1. The molecule has 1 aromatic heterocycles. The molecule has 0 saturated carbocycles. The average Bonchev–Trinajstić information content (AvgIpc) is 2.83. The molecule has 7 heteroatoms. The van der Waals surface area contributed by atoms with Gasteiger partial charge in [0.2, 0.25) is 0 Å². The van der Waals surface area contributed by atoms with Gasteiger partial charge in [-0.2, -0.15) is 0 Å². The number of rotatable bonds is 7. The van der Waals surface area contributed by atoms with Crippen molar-refractivity contribution in [3.63, 3.8) is 0 Å². The SMILES string of the molecule is Nc1ccc(-c2ccc(F)c(NC(=O)c3ccc(COCc4ccccc4)cc3)c2)nc1N. The number of aromatic nitrogens is 1. The molecule has 0 aliphatic heterocycles. The van der Waals surface area contributed by atoms with E-state index in [1.54, 1.807) is 30.3 Å². The Morgan fingerprint density at radius 1 is 0.879 bits per heavy atom. The van der Waals surface area contributed by atoms with Crippen LogP contribution in [0, 0.1) is 5.82 Å². The summed E-state index contributed by atoms with van der Waals surface area (Å²) < 4.78 is 20.1. The van der Waals surface area contributed by atoms with Crippen molar-refractivity contribution in [2.24, 2.45) is 0 Å². The summed E-state index contributed by atoms with van der Waals surface area (Å²) >= 11 is 0. The minimum Gasteiger partial charge on any atom is -0.396 e. The predicted molar refractivity (Wildman–Crippen MR) is 128 cm³/mol. The standard InChI is InChI=1S/C26H23FN4O2/c27-21-11-10-20(23-13-12-22(28)25(29)30-23)14-24(21)31-26(32)19-8-6-18(7-9-19)16-33-15-17-4-2-1-3-5-17/h1-14H,15-16,28H2,(H2,29,30)(H,31,32). The number of nitrogens with one attached hydrogen (secondary N) is 1. The Balaban J connectivity index is 1.41. The van der Waals surface area contributed by atoms with E-state index in [9.17, 15) is 9.18 Å². The largest absolute Gasteiger partial charge is 0.396 e. The zero-order chi connectivity index (χ0) is 23.2. The number of hydrogen-bond donors (Lipinski definition) is 3. The Bertz CT molecular complexity index is 1260. The third-order valence-electron chi connectivity index (χ3n) is 5.06. The van der Waals surface area contributed by atoms with Crippen LogP contribution in [-0.4, -0.2) is 10.9 Å². The van der Waals surface area contributed by atoms with Gasteiger partial charge in [-0.3, -0.25) is 4.79 Å². The minimum atomic E-state index is -0.554. The summed E-state index contributed by atoms with van der Waals surface area (Å²) in [5.74, 6) is -0.788. The van der Waals surface area contributed by atoms with Crippen molar-refractivity contribution >= 4 is 23.1 Å². The minimum absolute atomic E-state index is 0.0463. The van der Waals surface area contributed by atoms with Crippen LogP contribution in [0.1, 0.15) is 21.5 Å². The number of carbonyl (C=O) groups excluding carboxylic acids is 1. The number of benzene rings is 3. The second kappa shape index (κ2) is 9.93. The lowest BCUT2D eigenvalue weighted by atomic mass is 10.1. The van der Waals surface area contributed by atoms with Gasteiger partial charge in [0, 0.05) is 11.1 Å². The van der Waals surface area contributed by atoms with Crippen LogP contribution >= 0.6 is 0 Å². The lowest BCUT2D eigenvalue weighted by Gasteiger charge is -2.10. The van der Waals surface area contributed by atoms with Gasteiger partial charge in [0.25, 0.3) is 5.91 Å². The maximum absolute atomic E-state index is 14.4. The molecule has 0 saturated heterocycles. The van der Waals surface area contributed by atoms with Gasteiger partial charge in [0.15, 0.2) is 0 Å². The number of halogens is 1. The summed E-state index contributed by atoms with van der Waals surface area (Å²) in [6.07, 6.45) is 0. The van der Waals surface area contributed by atoms with Gasteiger partial charge in [0.05, 0.1) is 30.3 Å². The zero-order valence-corrected chi connectivity index (χ0v) is 17.8. The molecule has 0 bridgehead atoms. The van der Waals surface area contributed by atoms with Crippen molar-refractivity contribution in [1.29, 1.82) is 0 Å². The lowest BCUT2D eigenvalue weighted by molar-refractivity contribution is 0.102. The molecule has 1 heterocycles. The average molecular weight is 442 g/mol. The molecule has 0 spiro atoms. The molecule has 0 aliphatic rings. The Morgan fingerprint density at radius 2 is 1.58 bits per heavy atom. The van der Waals surface area contributed by atoms with Crippen molar-refractivity contribution in [3.05, 3.63) is 107 Å². The first kappa shape index (κ1) is 22.0. The van der Waals surface area contributed by atoms with Gasteiger partial charge in [-0.25, -0.2) is 9.37 Å². The van der Waals surface area contributed by atoms with Crippen LogP contribution in [-0.2, 0) is 18.0 Å². The van der Waals surface area contributed by atoms with E-state index >= 15 is 0 Å². The number of nitrogens with two attached hydrogens (primary N) is 2. The van der Waals surface area contributed by atoms with E-state index in [2.05, 4.69) is 10.3 Å². The summed E-state index contributed by atoms with van der Waals surface area (Å²) in [4.78, 5) is 16.9. The van der Waals surface area contributed by atoms with Gasteiger partial charge >= 0.3 is 0 Å². The molecule has 0 aliphatic carbocycles. The lowest BCUT2D eigenvalue weighted by Crippen LogP contribution is -2.13. The summed E-state index contributed by atoms with van der Waals surface area (Å²) in [5, 5.41) is 2.62. The normalized spacial score (nSPS) is 10.7. The number of amides is 1. The predicted octanol–water partition coefficient (Wildman–Crippen LogP) is 5.02. The monoisotopic (exact) mass is 442 g/mol. The molecule has 0 atom stereocenters. The molecule has 4 aromatic rings. The number of nitrogen functional groups attached to an aromatic ring is 2. The molecule has 0 fully saturated rings. The van der Waals surface area contributed by atoms with Crippen molar-refractivity contribution in [2.45, 2.75) is 13.2 Å². The Morgan fingerprint density at radius 3 is 2.27 bits per heavy atom. The second-order valence-electron chi connectivity index (χ2n) is 7.50. The molecule has 4 rings (SSSR count). The molecule has 166 valence electrons. The Labute approximate surface area is 191 Å². The third-order valence-corrected chi connectivity index (χ3v) is 5.06. The topological polar surface area (TPSA) is 103 Å². The highest BCUT2D eigenvalue weighted by molar-refractivity contribution is 6.04. The summed E-state index contributed by atoms with van der Waals surface area (Å²) in [6, 6.07) is 24.5. The van der Waals surface area contributed by atoms with Gasteiger partial charge in [-0.15, -0.1) is 0 Å². The highest BCUT2D eigenvalue weighted by Crippen LogP contribution is 2.26. The maximum Gasteiger partial charge on any atom is 0.255 e. The van der Waals surface area contributed by atoms with E-state index in [1.165, 1.54) is 12.1 Å². The first-order valence-electron chi connectivity index (χ1n) is 10.3. The molecule has 0 radical (unpaired) electrons. The number of nitrogens with zero attached hydrogens (tertiary/aromatic N) is 1. The van der Waals surface area contributed by atoms with E-state index in [-0.39, 0.29) is 11.5 Å². The fourth-order valence-corrected chi connectivity index (χ4v) is 3.23. The van der Waals surface area contributed by atoms with E-state index in [0.29, 0.717) is 35.7 Å². The molecule has 6 nitrogen and oxygen atoms in total. The molecular weight excluding hydrogens is 419 g/mol. The van der Waals surface area contributed by atoms with Crippen LogP contribution in [0.15, 0.2) is 84.9 Å². The second-order valence-corrected chi connectivity index (χ2v) is 7.50. The van der Waals surface area contributed by atoms with Crippen LogP contribution in [0.3, 0.4) is 0 Å². The molecule has 3 aromatic carbocycles. The first-order chi connectivity index (χ1) is 16.0. The molecular formula is C26H23FN4O2. The van der Waals surface area contributed by atoms with Crippen LogP contribution in [0.4, 0.5) is 21.6 Å². The fourth-order valence-electron chi connectivity index (χ4n) is 3.23. The molecule has 33 heavy (non-hydrogen) atoms. The third kappa shape index (κ3) is 5.53. The van der Waals surface area contributed by atoms with Gasteiger partial charge in [-0.1, -0.05) is 42.5 Å². The van der Waals surface area contributed by atoms with E-state index < -0.39 is 11.7 Å². The van der Waals surface area contributed by atoms with E-state index in [0.717, 1.165) is 11.1 Å². The van der Waals surface area contributed by atoms with Crippen LogP contribution in [0.5, 0.6) is 0 Å². The fraction of sp³-hybridized carbons (Fsp3) is 0.0769. The molecule has 5 N–H and O–H groups in total. The summed E-state index contributed by atoms with van der Waals surface area (Å²) in [7, 11) is 0. The van der Waals surface area contributed by atoms with Crippen LogP contribution in [0.25, 0.3) is 11.3 Å². The number of carbonyl (C=O) groups is 1. The summed E-state index contributed by atoms with van der Waals surface area (Å²) in [5.41, 5.74) is 15.4. The smallest absolute Gasteiger partial charge is 0.255 e. The Kier molecular flexibility index (Phi) is 6.61. The maximum atomic E-state index is 14.4. The van der Waals surface area contributed by atoms with Crippen LogP contribution < -0.4 is 16.8 Å². The van der Waals surface area contributed by atoms with Crippen molar-refractivity contribution < 1.29 is 13.9 Å². The van der Waals surface area contributed by atoms with Gasteiger partial charge < -0.3 is 21.5 Å². The highest BCUT2D eigenvalue weighted by Gasteiger charge is 2.12. The summed E-state index contributed by atoms with van der Waals surface area (Å²) in [6.45, 7) is 0.929. The molecule has 0 unspecified atom stereocenters. The van der Waals surface area contributed by atoms with Crippen molar-refractivity contribution in [1.82, 2.24) is 4.98 Å². The number of pyridine rings is 1. The zero-order valence-electron chi connectivity index (χ0n) is 17.8. The van der Waals surface area contributed by atoms with Gasteiger partial charge in [0.1, 0.15) is 11.6 Å². The van der Waals surface area contributed by atoms with E-state index in [4.69, 9.17) is 16.2 Å². The molecule has 1 amide bonds. The quantitative estimate of drug-likeness (QED) is 0.373. The number of ether oxygens (including phenoxy) is 1. The van der Waals surface area contributed by atoms with Crippen molar-refractivity contribution in [3.8, 4) is 11.3 Å². The Hall–Kier alpha value is -4.23. The van der Waals surface area contributed by atoms with Crippen molar-refractivity contribution in [2.75, 3.05) is 16.8 Å². The first-order valence-corrected chi connectivity index (χ1v) is 10.3. The van der Waals surface area contributed by atoms with E-state index in [1.807, 2.05) is 42.5 Å². The van der Waals surface area contributed by atoms with Gasteiger partial charge in [-0.05, 0) is 53.6 Å².